The summed E-state index contributed by atoms with van der Waals surface area (Å²) in [6.45, 7) is 2.59. The minimum Gasteiger partial charge on any atom is -0.493 e. The molecule has 0 aliphatic rings. The second kappa shape index (κ2) is 8.31. The Hall–Kier alpha value is -2.60. The van der Waals surface area contributed by atoms with E-state index in [0.29, 0.717) is 6.61 Å². The number of nitrogens with zero attached hydrogens (tertiary/aromatic N) is 4. The van der Waals surface area contributed by atoms with E-state index in [2.05, 4.69) is 27.4 Å². The first kappa shape index (κ1) is 16.3. The summed E-state index contributed by atoms with van der Waals surface area (Å²) in [5, 5.41) is 13.3. The van der Waals surface area contributed by atoms with E-state index in [4.69, 9.17) is 4.74 Å². The minimum absolute atomic E-state index is 0.621. The summed E-state index contributed by atoms with van der Waals surface area (Å²) < 4.78 is 7.28. The molecule has 0 amide bonds. The molecule has 0 aliphatic heterocycles. The van der Waals surface area contributed by atoms with E-state index in [0.717, 1.165) is 22.2 Å². The summed E-state index contributed by atoms with van der Waals surface area (Å²) in [4.78, 5) is 0. The highest BCUT2D eigenvalue weighted by molar-refractivity contribution is 7.98. The molecule has 5 nitrogen and oxygen atoms in total. The number of ether oxygens (including phenoxy) is 1. The molecule has 0 unspecified atom stereocenters. The third-order valence-electron chi connectivity index (χ3n) is 3.25. The molecule has 0 radical (unpaired) electrons. The van der Waals surface area contributed by atoms with E-state index >= 15 is 0 Å². The van der Waals surface area contributed by atoms with Crippen molar-refractivity contribution in [1.29, 1.82) is 0 Å². The molecule has 0 bridgehead atoms. The van der Waals surface area contributed by atoms with E-state index in [1.54, 1.807) is 29.0 Å². The van der Waals surface area contributed by atoms with Crippen molar-refractivity contribution in [3.8, 4) is 5.75 Å². The Labute approximate surface area is 145 Å². The highest BCUT2D eigenvalue weighted by atomic mass is 32.2. The SMILES string of the molecule is CCOc1ccccc1C=Nn1cnnc1SCc1ccccc1. The number of para-hydroxylation sites is 1. The van der Waals surface area contributed by atoms with Crippen molar-refractivity contribution in [1.82, 2.24) is 14.9 Å². The van der Waals surface area contributed by atoms with Crippen LogP contribution in [0.25, 0.3) is 0 Å². The van der Waals surface area contributed by atoms with Crippen LogP contribution in [0.2, 0.25) is 0 Å². The summed E-state index contributed by atoms with van der Waals surface area (Å²) in [6.07, 6.45) is 3.37. The number of hydrogen-bond donors (Lipinski definition) is 0. The van der Waals surface area contributed by atoms with Gasteiger partial charge < -0.3 is 4.74 Å². The lowest BCUT2D eigenvalue weighted by atomic mass is 10.2. The fourth-order valence-corrected chi connectivity index (χ4v) is 2.93. The summed E-state index contributed by atoms with van der Waals surface area (Å²) >= 11 is 1.60. The predicted octanol–water partition coefficient (Wildman–Crippen LogP) is 3.85. The van der Waals surface area contributed by atoms with E-state index in [1.807, 2.05) is 49.4 Å². The maximum atomic E-state index is 5.61. The van der Waals surface area contributed by atoms with Crippen LogP contribution in [0.1, 0.15) is 18.1 Å². The lowest BCUT2D eigenvalue weighted by Crippen LogP contribution is -1.97. The maximum absolute atomic E-state index is 5.61. The second-order valence-corrected chi connectivity index (χ2v) is 5.89. The Morgan fingerprint density at radius 2 is 1.92 bits per heavy atom. The first-order chi connectivity index (χ1) is 11.9. The summed E-state index contributed by atoms with van der Waals surface area (Å²) in [7, 11) is 0. The van der Waals surface area contributed by atoms with Gasteiger partial charge >= 0.3 is 0 Å². The maximum Gasteiger partial charge on any atom is 0.212 e. The molecule has 0 fully saturated rings. The van der Waals surface area contributed by atoms with E-state index in [-0.39, 0.29) is 0 Å². The second-order valence-electron chi connectivity index (χ2n) is 4.95. The van der Waals surface area contributed by atoms with Crippen LogP contribution < -0.4 is 4.74 Å². The van der Waals surface area contributed by atoms with Gasteiger partial charge in [-0.05, 0) is 24.6 Å². The fourth-order valence-electron chi connectivity index (χ4n) is 2.11. The molecule has 0 saturated heterocycles. The number of hydrogen-bond acceptors (Lipinski definition) is 5. The summed E-state index contributed by atoms with van der Waals surface area (Å²) in [5.74, 6) is 1.64. The largest absolute Gasteiger partial charge is 0.493 e. The number of thioether (sulfide) groups is 1. The Morgan fingerprint density at radius 3 is 2.75 bits per heavy atom. The van der Waals surface area contributed by atoms with Crippen LogP contribution in [-0.4, -0.2) is 27.7 Å². The highest BCUT2D eigenvalue weighted by Gasteiger charge is 2.05. The number of rotatable bonds is 7. The fraction of sp³-hybridized carbons (Fsp3) is 0.167. The van der Waals surface area contributed by atoms with Crippen LogP contribution in [0.5, 0.6) is 5.75 Å². The average Bonchev–Trinajstić information content (AvgIpc) is 3.08. The Balaban J connectivity index is 1.71. The van der Waals surface area contributed by atoms with Crippen molar-refractivity contribution in [3.63, 3.8) is 0 Å². The summed E-state index contributed by atoms with van der Waals surface area (Å²) in [5.41, 5.74) is 2.16. The van der Waals surface area contributed by atoms with Gasteiger partial charge in [-0.15, -0.1) is 10.2 Å². The van der Waals surface area contributed by atoms with E-state index in [9.17, 15) is 0 Å². The molecule has 0 aliphatic carbocycles. The van der Waals surface area contributed by atoms with Gasteiger partial charge in [-0.3, -0.25) is 0 Å². The van der Waals surface area contributed by atoms with Crippen LogP contribution in [0.3, 0.4) is 0 Å². The lowest BCUT2D eigenvalue weighted by Gasteiger charge is -2.06. The molecule has 1 heterocycles. The van der Waals surface area contributed by atoms with Crippen molar-refractivity contribution in [2.45, 2.75) is 17.8 Å². The molecule has 24 heavy (non-hydrogen) atoms. The van der Waals surface area contributed by atoms with Gasteiger partial charge in [0.15, 0.2) is 0 Å². The average molecular weight is 338 g/mol. The molecular weight excluding hydrogens is 320 g/mol. The van der Waals surface area contributed by atoms with Crippen molar-refractivity contribution in [2.24, 2.45) is 5.10 Å². The van der Waals surface area contributed by atoms with E-state index in [1.165, 1.54) is 5.56 Å². The van der Waals surface area contributed by atoms with Gasteiger partial charge in [0, 0.05) is 11.3 Å². The minimum atomic E-state index is 0.621. The molecule has 1 aromatic heterocycles. The van der Waals surface area contributed by atoms with Crippen LogP contribution in [-0.2, 0) is 5.75 Å². The molecule has 0 spiro atoms. The van der Waals surface area contributed by atoms with Gasteiger partial charge in [0.2, 0.25) is 5.16 Å². The van der Waals surface area contributed by atoms with Gasteiger partial charge in [0.05, 0.1) is 12.8 Å². The first-order valence-electron chi connectivity index (χ1n) is 7.69. The zero-order valence-electron chi connectivity index (χ0n) is 13.4. The van der Waals surface area contributed by atoms with Crippen molar-refractivity contribution < 1.29 is 4.74 Å². The van der Waals surface area contributed by atoms with Gasteiger partial charge in [-0.25, -0.2) is 0 Å². The molecule has 0 N–H and O–H groups in total. The normalized spacial score (nSPS) is 11.0. The highest BCUT2D eigenvalue weighted by Crippen LogP contribution is 2.21. The summed E-state index contributed by atoms with van der Waals surface area (Å²) in [6, 6.07) is 18.1. The van der Waals surface area contributed by atoms with Crippen molar-refractivity contribution in [3.05, 3.63) is 72.1 Å². The standard InChI is InChI=1S/C18H18N4OS/c1-2-23-17-11-7-6-10-16(17)12-20-22-14-19-21-18(22)24-13-15-8-4-3-5-9-15/h3-12,14H,2,13H2,1H3. The molecule has 2 aromatic carbocycles. The zero-order valence-corrected chi connectivity index (χ0v) is 14.2. The Kier molecular flexibility index (Phi) is 5.63. The van der Waals surface area contributed by atoms with Gasteiger partial charge in [-0.1, -0.05) is 54.2 Å². The molecular formula is C18H18N4OS. The molecule has 3 aromatic rings. The van der Waals surface area contributed by atoms with Crippen molar-refractivity contribution >= 4 is 18.0 Å². The molecule has 3 rings (SSSR count). The molecule has 0 atom stereocenters. The van der Waals surface area contributed by atoms with Crippen LogP contribution in [0.4, 0.5) is 0 Å². The van der Waals surface area contributed by atoms with Gasteiger partial charge in [-0.2, -0.15) is 9.78 Å². The Bertz CT molecular complexity index is 802. The first-order valence-corrected chi connectivity index (χ1v) is 8.68. The predicted molar refractivity (Wildman–Crippen MR) is 96.6 cm³/mol. The Morgan fingerprint density at radius 1 is 1.12 bits per heavy atom. The van der Waals surface area contributed by atoms with Gasteiger partial charge in [0.1, 0.15) is 12.1 Å². The zero-order chi connectivity index (χ0) is 16.6. The molecule has 6 heteroatoms. The number of aromatic nitrogens is 3. The number of benzene rings is 2. The third kappa shape index (κ3) is 4.23. The van der Waals surface area contributed by atoms with Crippen molar-refractivity contribution in [2.75, 3.05) is 6.61 Å². The van der Waals surface area contributed by atoms with Crippen LogP contribution in [0, 0.1) is 0 Å². The quantitative estimate of drug-likeness (QED) is 0.485. The third-order valence-corrected chi connectivity index (χ3v) is 4.26. The topological polar surface area (TPSA) is 52.3 Å². The monoisotopic (exact) mass is 338 g/mol. The van der Waals surface area contributed by atoms with Crippen LogP contribution >= 0.6 is 11.8 Å². The van der Waals surface area contributed by atoms with Gasteiger partial charge in [0.25, 0.3) is 0 Å². The molecule has 122 valence electrons. The smallest absolute Gasteiger partial charge is 0.212 e. The van der Waals surface area contributed by atoms with Crippen LogP contribution in [0.15, 0.2) is 71.2 Å². The molecule has 0 saturated carbocycles. The van der Waals surface area contributed by atoms with E-state index < -0.39 is 0 Å². The lowest BCUT2D eigenvalue weighted by molar-refractivity contribution is 0.340.